The molecule has 2 aromatic carbocycles. The number of pyridine rings is 1. The summed E-state index contributed by atoms with van der Waals surface area (Å²) < 4.78 is 1.83. The quantitative estimate of drug-likeness (QED) is 0.402. The average molecular weight is 466 g/mol. The summed E-state index contributed by atoms with van der Waals surface area (Å²) in [5, 5.41) is 7.90. The zero-order valence-electron chi connectivity index (χ0n) is 19.9. The number of amides is 1. The Morgan fingerprint density at radius 1 is 0.857 bits per heavy atom. The second kappa shape index (κ2) is 11.1. The van der Waals surface area contributed by atoms with E-state index < -0.39 is 0 Å². The molecule has 2 aromatic heterocycles. The zero-order valence-corrected chi connectivity index (χ0v) is 19.9. The van der Waals surface area contributed by atoms with E-state index in [1.54, 1.807) is 12.4 Å². The largest absolute Gasteiger partial charge is 0.348 e. The van der Waals surface area contributed by atoms with Crippen molar-refractivity contribution in [2.75, 3.05) is 13.1 Å². The maximum atomic E-state index is 13.4. The van der Waals surface area contributed by atoms with Gasteiger partial charge in [-0.05, 0) is 54.8 Å². The van der Waals surface area contributed by atoms with Crippen LogP contribution in [0.5, 0.6) is 0 Å². The number of hydrogen-bond donors (Lipinski definition) is 1. The average Bonchev–Trinajstić information content (AvgIpc) is 3.33. The molecular weight excluding hydrogens is 434 g/mol. The van der Waals surface area contributed by atoms with Gasteiger partial charge in [0, 0.05) is 37.2 Å². The van der Waals surface area contributed by atoms with Crippen molar-refractivity contribution < 1.29 is 4.79 Å². The molecule has 1 aliphatic heterocycles. The van der Waals surface area contributed by atoms with E-state index in [1.165, 1.54) is 24.8 Å². The fourth-order valence-electron chi connectivity index (χ4n) is 4.67. The second-order valence-electron chi connectivity index (χ2n) is 9.10. The van der Waals surface area contributed by atoms with Gasteiger partial charge in [-0.2, -0.15) is 5.10 Å². The molecule has 0 bridgehead atoms. The fraction of sp³-hybridized carbons (Fsp3) is 0.276. The lowest BCUT2D eigenvalue weighted by molar-refractivity contribution is 0.0951. The monoisotopic (exact) mass is 465 g/mol. The summed E-state index contributed by atoms with van der Waals surface area (Å²) in [7, 11) is 0. The molecule has 0 unspecified atom stereocenters. The predicted octanol–water partition coefficient (Wildman–Crippen LogP) is 4.91. The Morgan fingerprint density at radius 2 is 1.63 bits per heavy atom. The molecule has 178 valence electrons. The molecule has 1 amide bonds. The Morgan fingerprint density at radius 3 is 2.40 bits per heavy atom. The number of nitrogens with zero attached hydrogens (tertiary/aromatic N) is 4. The summed E-state index contributed by atoms with van der Waals surface area (Å²) in [5.74, 6) is -0.129. The highest BCUT2D eigenvalue weighted by molar-refractivity contribution is 5.99. The summed E-state index contributed by atoms with van der Waals surface area (Å²) in [6.45, 7) is 4.31. The molecular formula is C29H31N5O. The van der Waals surface area contributed by atoms with E-state index in [-0.39, 0.29) is 5.91 Å². The number of carbonyl (C=O) groups is 1. The third-order valence-corrected chi connectivity index (χ3v) is 6.53. The lowest BCUT2D eigenvalue weighted by Crippen LogP contribution is -2.30. The van der Waals surface area contributed by atoms with E-state index in [0.29, 0.717) is 24.3 Å². The Balaban J connectivity index is 1.34. The molecule has 6 nitrogen and oxygen atoms in total. The predicted molar refractivity (Wildman–Crippen MR) is 138 cm³/mol. The summed E-state index contributed by atoms with van der Waals surface area (Å²) in [6, 6.07) is 22.3. The Labute approximate surface area is 206 Å². The van der Waals surface area contributed by atoms with Crippen LogP contribution < -0.4 is 5.32 Å². The molecule has 1 saturated heterocycles. The molecule has 0 saturated carbocycles. The number of aromatic nitrogens is 3. The van der Waals surface area contributed by atoms with Crippen LogP contribution in [0, 0.1) is 0 Å². The van der Waals surface area contributed by atoms with Crippen molar-refractivity contribution in [1.29, 1.82) is 0 Å². The van der Waals surface area contributed by atoms with Crippen molar-refractivity contribution in [2.45, 2.75) is 38.9 Å². The van der Waals surface area contributed by atoms with Crippen molar-refractivity contribution in [2.24, 2.45) is 0 Å². The Hall–Kier alpha value is -3.77. The number of benzene rings is 2. The molecule has 1 fully saturated rings. The standard InChI is InChI=1S/C29H31N5O/c35-29(31-19-24-12-5-6-13-26(24)21-33-16-7-2-8-17-33)27-22-34(20-23-10-3-1-4-11-23)32-28(27)25-14-9-15-30-18-25/h1,3-6,9-15,18,22H,2,7-8,16-17,19-21H2,(H,31,35). The van der Waals surface area contributed by atoms with Crippen LogP contribution in [0.4, 0.5) is 0 Å². The van der Waals surface area contributed by atoms with Crippen molar-refractivity contribution in [3.63, 3.8) is 0 Å². The van der Waals surface area contributed by atoms with E-state index in [4.69, 9.17) is 5.10 Å². The normalized spacial score (nSPS) is 14.1. The molecule has 0 atom stereocenters. The van der Waals surface area contributed by atoms with E-state index in [9.17, 15) is 4.79 Å². The number of nitrogens with one attached hydrogen (secondary N) is 1. The van der Waals surface area contributed by atoms with Crippen LogP contribution in [0.2, 0.25) is 0 Å². The van der Waals surface area contributed by atoms with Gasteiger partial charge in [0.05, 0.1) is 12.1 Å². The highest BCUT2D eigenvalue weighted by atomic mass is 16.1. The molecule has 35 heavy (non-hydrogen) atoms. The minimum absolute atomic E-state index is 0.129. The first-order chi connectivity index (χ1) is 17.3. The lowest BCUT2D eigenvalue weighted by atomic mass is 10.0. The molecule has 6 heteroatoms. The fourth-order valence-corrected chi connectivity index (χ4v) is 4.67. The molecule has 1 aliphatic rings. The van der Waals surface area contributed by atoms with Gasteiger partial charge in [0.25, 0.3) is 5.91 Å². The minimum Gasteiger partial charge on any atom is -0.348 e. The first-order valence-corrected chi connectivity index (χ1v) is 12.4. The first kappa shape index (κ1) is 23.0. The van der Waals surface area contributed by atoms with Gasteiger partial charge in [0.15, 0.2) is 0 Å². The van der Waals surface area contributed by atoms with Gasteiger partial charge in [-0.25, -0.2) is 0 Å². The van der Waals surface area contributed by atoms with Gasteiger partial charge < -0.3 is 5.32 Å². The van der Waals surface area contributed by atoms with Crippen molar-refractivity contribution >= 4 is 5.91 Å². The van der Waals surface area contributed by atoms with Crippen LogP contribution in [0.1, 0.15) is 46.3 Å². The van der Waals surface area contributed by atoms with Gasteiger partial charge in [-0.3, -0.25) is 19.4 Å². The second-order valence-corrected chi connectivity index (χ2v) is 9.10. The van der Waals surface area contributed by atoms with Crippen LogP contribution in [0.25, 0.3) is 11.3 Å². The van der Waals surface area contributed by atoms with E-state index >= 15 is 0 Å². The topological polar surface area (TPSA) is 63.1 Å². The van der Waals surface area contributed by atoms with Crippen molar-refractivity contribution in [1.82, 2.24) is 25.0 Å². The van der Waals surface area contributed by atoms with Gasteiger partial charge in [0.1, 0.15) is 5.69 Å². The third-order valence-electron chi connectivity index (χ3n) is 6.53. The zero-order chi connectivity index (χ0) is 23.9. The Kier molecular flexibility index (Phi) is 7.29. The highest BCUT2D eigenvalue weighted by Gasteiger charge is 2.19. The summed E-state index contributed by atoms with van der Waals surface area (Å²) in [6.07, 6.45) is 9.17. The van der Waals surface area contributed by atoms with Gasteiger partial charge in [-0.1, -0.05) is 61.0 Å². The molecule has 1 N–H and O–H groups in total. The molecule has 5 rings (SSSR count). The summed E-state index contributed by atoms with van der Waals surface area (Å²) in [4.78, 5) is 20.1. The maximum Gasteiger partial charge on any atom is 0.255 e. The lowest BCUT2D eigenvalue weighted by Gasteiger charge is -2.27. The maximum absolute atomic E-state index is 13.4. The first-order valence-electron chi connectivity index (χ1n) is 12.4. The van der Waals surface area contributed by atoms with Crippen molar-refractivity contribution in [3.8, 4) is 11.3 Å². The van der Waals surface area contributed by atoms with Crippen molar-refractivity contribution in [3.05, 3.63) is 108 Å². The van der Waals surface area contributed by atoms with Gasteiger partial charge >= 0.3 is 0 Å². The van der Waals surface area contributed by atoms with E-state index in [2.05, 4.69) is 45.5 Å². The SMILES string of the molecule is O=C(NCc1ccccc1CN1CCCCC1)c1cn(Cc2ccccc2)nc1-c1cccnc1. The minimum atomic E-state index is -0.129. The smallest absolute Gasteiger partial charge is 0.255 e. The highest BCUT2D eigenvalue weighted by Crippen LogP contribution is 2.22. The molecule has 3 heterocycles. The van der Waals surface area contributed by atoms with Gasteiger partial charge in [-0.15, -0.1) is 0 Å². The van der Waals surface area contributed by atoms with Crippen LogP contribution >= 0.6 is 0 Å². The van der Waals surface area contributed by atoms with Crippen LogP contribution in [0.3, 0.4) is 0 Å². The van der Waals surface area contributed by atoms with Gasteiger partial charge in [0.2, 0.25) is 0 Å². The van der Waals surface area contributed by atoms with E-state index in [1.807, 2.05) is 47.3 Å². The summed E-state index contributed by atoms with van der Waals surface area (Å²) in [5.41, 5.74) is 5.60. The molecule has 4 aromatic rings. The third kappa shape index (κ3) is 5.84. The van der Waals surface area contributed by atoms with Crippen LogP contribution in [0.15, 0.2) is 85.3 Å². The van der Waals surface area contributed by atoms with Crippen LogP contribution in [-0.2, 0) is 19.6 Å². The number of likely N-dealkylation sites (tertiary alicyclic amines) is 1. The number of rotatable bonds is 8. The molecule has 0 radical (unpaired) electrons. The molecule has 0 spiro atoms. The number of piperidine rings is 1. The number of hydrogen-bond acceptors (Lipinski definition) is 4. The Bertz CT molecular complexity index is 1250. The van der Waals surface area contributed by atoms with E-state index in [0.717, 1.165) is 36.3 Å². The molecule has 0 aliphatic carbocycles. The van der Waals surface area contributed by atoms with Crippen LogP contribution in [-0.4, -0.2) is 38.7 Å². The summed E-state index contributed by atoms with van der Waals surface area (Å²) >= 11 is 0. The number of carbonyl (C=O) groups excluding carboxylic acids is 1.